The molecule has 21 aromatic rings. The Morgan fingerprint density at radius 1 is 0.355 bits per heavy atom. The Morgan fingerprint density at radius 3 is 1.07 bits per heavy atom. The highest BCUT2D eigenvalue weighted by Gasteiger charge is 2.23. The van der Waals surface area contributed by atoms with Crippen LogP contribution in [0.25, 0.3) is 178 Å². The van der Waals surface area contributed by atoms with Crippen LogP contribution in [0.4, 0.5) is 17.1 Å². The lowest BCUT2D eigenvalue weighted by atomic mass is 9.95. The SMILES string of the molecule is C.C.C.C.CC(C)(C)C(=O)Nc1cncc(-c2ccc3[nH]nc(-c4nc5ccncc5[nH]4)c3c2)c1.CCNCc1cncc(-c2ccc3[nH]nc(-c4nc5ccncc5[nH]4)c3c2)c1.CN(C)c1cncc(-c2ccc3[nH]nc(-c4nc5ccncc5[nH]4)c3c2)c1.O=C(Cc1ccccc1)Nc1cncc(-c2ccc3[nH]nc(-c4nc5ccncc5[nH]4)c3c2)c1. The Hall–Kier alpha value is -16.2. The van der Waals surface area contributed by atoms with Crippen molar-refractivity contribution < 1.29 is 9.59 Å². The Balaban J connectivity index is 0.000000134. The number of H-pyrrole nitrogens is 8. The van der Waals surface area contributed by atoms with E-state index in [-0.39, 0.29) is 41.5 Å². The minimum atomic E-state index is -0.483. The van der Waals surface area contributed by atoms with Crippen LogP contribution in [0.1, 0.15) is 68.5 Å². The average Bonchev–Trinajstić information content (AvgIpc) is 1.64. The second-order valence-electron chi connectivity index (χ2n) is 29.8. The first kappa shape index (κ1) is 84.2. The zero-order chi connectivity index (χ0) is 81.8. The van der Waals surface area contributed by atoms with E-state index >= 15 is 0 Å². The van der Waals surface area contributed by atoms with Crippen LogP contribution in [-0.2, 0) is 22.6 Å². The molecule has 11 N–H and O–H groups in total. The number of aromatic amines is 8. The molecule has 0 fully saturated rings. The molecule has 30 nitrogen and oxygen atoms in total. The highest BCUT2D eigenvalue weighted by molar-refractivity contribution is 6.01. The number of hydrogen-bond acceptors (Lipinski definition) is 20. The number of aromatic nitrogens is 24. The normalized spacial score (nSPS) is 11.1. The van der Waals surface area contributed by atoms with Gasteiger partial charge in [-0.1, -0.05) is 112 Å². The van der Waals surface area contributed by atoms with Crippen LogP contribution in [0.5, 0.6) is 0 Å². The highest BCUT2D eigenvalue weighted by Crippen LogP contribution is 2.37. The maximum atomic E-state index is 12.5. The van der Waals surface area contributed by atoms with Gasteiger partial charge in [0.05, 0.1) is 133 Å². The number of carbonyl (C=O) groups excluding carboxylic acids is 2. The third-order valence-corrected chi connectivity index (χ3v) is 20.1. The first-order valence-electron chi connectivity index (χ1n) is 38.6. The molecule has 0 spiro atoms. The molecule has 30 heteroatoms. The Kier molecular flexibility index (Phi) is 24.8. The summed E-state index contributed by atoms with van der Waals surface area (Å²) in [5, 5.41) is 43.4. The molecule has 5 aromatic carbocycles. The van der Waals surface area contributed by atoms with Crippen molar-refractivity contribution in [2.75, 3.05) is 36.2 Å². The van der Waals surface area contributed by atoms with Gasteiger partial charge in [-0.2, -0.15) is 20.4 Å². The number of nitrogens with zero attached hydrogens (tertiary/aromatic N) is 17. The van der Waals surface area contributed by atoms with Gasteiger partial charge < -0.3 is 40.8 Å². The Morgan fingerprint density at radius 2 is 0.710 bits per heavy atom. The zero-order valence-corrected chi connectivity index (χ0v) is 65.7. The molecule has 16 aromatic heterocycles. The number of pyridine rings is 8. The summed E-state index contributed by atoms with van der Waals surface area (Å²) in [6, 6.07) is 49.8. The fourth-order valence-electron chi connectivity index (χ4n) is 13.9. The maximum absolute atomic E-state index is 12.5. The van der Waals surface area contributed by atoms with Crippen molar-refractivity contribution in [2.24, 2.45) is 5.41 Å². The highest BCUT2D eigenvalue weighted by atomic mass is 16.2. The van der Waals surface area contributed by atoms with Crippen LogP contribution >= 0.6 is 0 Å². The molecule has 0 unspecified atom stereocenters. The lowest BCUT2D eigenvalue weighted by Crippen LogP contribution is -2.27. The lowest BCUT2D eigenvalue weighted by Gasteiger charge is -2.17. The molecular weight excluding hydrogens is 1550 g/mol. The molecule has 0 aliphatic heterocycles. The number of rotatable bonds is 16. The number of fused-ring (bicyclic) bond motifs is 8. The van der Waals surface area contributed by atoms with E-state index in [1.807, 2.05) is 180 Å². The van der Waals surface area contributed by atoms with E-state index in [1.165, 1.54) is 0 Å². The topological polar surface area (TPSA) is 406 Å². The number of nitrogens with one attached hydrogen (secondary N) is 11. The van der Waals surface area contributed by atoms with Gasteiger partial charge in [-0.15, -0.1) is 0 Å². The molecule has 0 bridgehead atoms. The molecule has 124 heavy (non-hydrogen) atoms. The number of amides is 2. The molecule has 0 atom stereocenters. The second kappa shape index (κ2) is 36.5. The maximum Gasteiger partial charge on any atom is 0.229 e. The van der Waals surface area contributed by atoms with Crippen molar-refractivity contribution >= 4 is 117 Å². The van der Waals surface area contributed by atoms with Crippen molar-refractivity contribution in [2.45, 2.75) is 70.4 Å². The minimum absolute atomic E-state index is 0. The number of hydrogen-bond donors (Lipinski definition) is 11. The summed E-state index contributed by atoms with van der Waals surface area (Å²) in [4.78, 5) is 92.6. The third kappa shape index (κ3) is 18.0. The predicted octanol–water partition coefficient (Wildman–Crippen LogP) is 19.1. The largest absolute Gasteiger partial charge is 0.376 e. The van der Waals surface area contributed by atoms with E-state index in [1.54, 1.807) is 74.4 Å². The van der Waals surface area contributed by atoms with E-state index in [0.717, 1.165) is 197 Å². The van der Waals surface area contributed by atoms with Gasteiger partial charge in [0.25, 0.3) is 0 Å². The number of benzene rings is 5. The summed E-state index contributed by atoms with van der Waals surface area (Å²) in [5.41, 5.74) is 25.7. The van der Waals surface area contributed by atoms with Crippen LogP contribution in [-0.4, -0.2) is 153 Å². The van der Waals surface area contributed by atoms with Gasteiger partial charge in [-0.25, -0.2) is 19.9 Å². The van der Waals surface area contributed by atoms with Gasteiger partial charge in [0.1, 0.15) is 22.8 Å². The number of carbonyl (C=O) groups is 2. The molecule has 620 valence electrons. The van der Waals surface area contributed by atoms with E-state index in [9.17, 15) is 9.59 Å². The van der Waals surface area contributed by atoms with Crippen molar-refractivity contribution in [1.29, 1.82) is 0 Å². The van der Waals surface area contributed by atoms with Crippen LogP contribution in [0.3, 0.4) is 0 Å². The van der Waals surface area contributed by atoms with Gasteiger partial charge in [0.2, 0.25) is 11.8 Å². The van der Waals surface area contributed by atoms with Crippen molar-refractivity contribution in [1.82, 2.24) is 126 Å². The van der Waals surface area contributed by atoms with Gasteiger partial charge in [-0.3, -0.25) is 69.9 Å². The van der Waals surface area contributed by atoms with Gasteiger partial charge in [0.15, 0.2) is 23.3 Å². The van der Waals surface area contributed by atoms with E-state index < -0.39 is 5.41 Å². The molecule has 0 radical (unpaired) electrons. The first-order valence-corrected chi connectivity index (χ1v) is 38.6. The quantitative estimate of drug-likeness (QED) is 0.0428. The van der Waals surface area contributed by atoms with Gasteiger partial charge >= 0.3 is 0 Å². The smallest absolute Gasteiger partial charge is 0.229 e. The van der Waals surface area contributed by atoms with E-state index in [2.05, 4.69) is 180 Å². The summed E-state index contributed by atoms with van der Waals surface area (Å²) in [6.07, 6.45) is 28.6. The van der Waals surface area contributed by atoms with Gasteiger partial charge in [-0.05, 0) is 137 Å². The first-order chi connectivity index (χ1) is 58.6. The average molecular weight is 1650 g/mol. The molecule has 2 amide bonds. The number of anilines is 3. The Labute approximate surface area is 712 Å². The van der Waals surface area contributed by atoms with Crippen LogP contribution < -0.4 is 20.9 Å². The second-order valence-corrected chi connectivity index (χ2v) is 29.8. The standard InChI is InChI=1S/C26H19N7O.C23H21N7O.C21H19N7.C20H17N7.4CH4/c34-24(10-16-4-2-1-3-5-16)29-19-11-18(13-28-14-19)17-6-7-21-20(12-17)25(33-32-21)26-30-22-8-9-27-15-23(22)31-26;1-23(2,3)22(31)26-15-8-14(10-25-11-15)13-4-5-17-16(9-13)20(30-29-17)21-27-18-6-7-24-12-19(18)28-21;1-2-22-9-13-7-15(11-24-10-13)14-3-4-17-16(8-14)20(28-27-17)21-25-18-5-6-23-12-19(18)26-21;1-27(2)14-7-13(9-22-10-14)12-3-4-16-15(8-12)19(26-25-16)20-23-17-5-6-21-11-18(17)24-20;;;;/h1-9,11-15H,10H2,(H,29,34)(H,30,31)(H,32,33);4-12H,1-3H3,(H,26,31)(H,27,28)(H,29,30);3-8,10-12,22H,2,9H2,1H3,(H,25,26)(H,27,28);3-11H,1-2H3,(H,23,24)(H,25,26);4*1H4. The van der Waals surface area contributed by atoms with Crippen molar-refractivity contribution in [3.05, 3.63) is 262 Å². The summed E-state index contributed by atoms with van der Waals surface area (Å²) in [7, 11) is 4.02. The molecule has 0 aliphatic rings. The fraction of sp³-hybridized carbons (Fsp3) is 0.149. The molecular formula is C94H92N28O2. The van der Waals surface area contributed by atoms with E-state index in [4.69, 9.17) is 0 Å². The molecule has 16 heterocycles. The fourth-order valence-corrected chi connectivity index (χ4v) is 13.9. The van der Waals surface area contributed by atoms with Crippen LogP contribution in [0, 0.1) is 5.41 Å². The molecule has 21 rings (SSSR count). The number of imidazole rings is 4. The van der Waals surface area contributed by atoms with Crippen molar-refractivity contribution in [3.8, 4) is 90.6 Å². The minimum Gasteiger partial charge on any atom is -0.376 e. The summed E-state index contributed by atoms with van der Waals surface area (Å²) in [5.74, 6) is 2.66. The zero-order valence-electron chi connectivity index (χ0n) is 65.7. The predicted molar refractivity (Wildman–Crippen MR) is 494 cm³/mol. The molecule has 0 aliphatic carbocycles. The van der Waals surface area contributed by atoms with Crippen LogP contribution in [0.15, 0.2) is 251 Å². The lowest BCUT2D eigenvalue weighted by molar-refractivity contribution is -0.123. The molecule has 0 saturated carbocycles. The monoisotopic (exact) mass is 1640 g/mol. The summed E-state index contributed by atoms with van der Waals surface area (Å²) in [6.45, 7) is 9.47. The van der Waals surface area contributed by atoms with E-state index in [0.29, 0.717) is 29.4 Å². The van der Waals surface area contributed by atoms with Crippen molar-refractivity contribution in [3.63, 3.8) is 0 Å². The molecule has 0 saturated heterocycles. The van der Waals surface area contributed by atoms with Crippen LogP contribution in [0.2, 0.25) is 0 Å². The summed E-state index contributed by atoms with van der Waals surface area (Å²) < 4.78 is 0. The third-order valence-electron chi connectivity index (χ3n) is 20.1. The Bertz CT molecular complexity index is 7190. The van der Waals surface area contributed by atoms with Gasteiger partial charge in [0, 0.05) is 126 Å². The summed E-state index contributed by atoms with van der Waals surface area (Å²) >= 11 is 0.